The van der Waals surface area contributed by atoms with Crippen LogP contribution in [-0.2, 0) is 26.2 Å². The summed E-state index contributed by atoms with van der Waals surface area (Å²) in [5.74, 6) is 0.247. The van der Waals surface area contributed by atoms with Crippen molar-refractivity contribution in [3.8, 4) is 11.5 Å². The quantitative estimate of drug-likeness (QED) is 0.335. The van der Waals surface area contributed by atoms with Crippen LogP contribution in [0, 0.1) is 0 Å². The maximum atomic E-state index is 14.1. The summed E-state index contributed by atoms with van der Waals surface area (Å²) < 4.78 is 39.4. The van der Waals surface area contributed by atoms with Gasteiger partial charge in [0, 0.05) is 18.2 Å². The average molecular weight is 582 g/mol. The van der Waals surface area contributed by atoms with Gasteiger partial charge in [-0.1, -0.05) is 43.3 Å². The van der Waals surface area contributed by atoms with Crippen LogP contribution in [0.2, 0.25) is 0 Å². The minimum atomic E-state index is -4.16. The number of benzene rings is 3. The highest BCUT2D eigenvalue weighted by Gasteiger charge is 2.34. The van der Waals surface area contributed by atoms with Crippen molar-refractivity contribution in [3.63, 3.8) is 0 Å². The Hall–Kier alpha value is -4.05. The number of rotatable bonds is 12. The highest BCUT2D eigenvalue weighted by atomic mass is 32.2. The first kappa shape index (κ1) is 31.5. The molecule has 0 heterocycles. The third-order valence-electron chi connectivity index (χ3n) is 6.35. The second-order valence-corrected chi connectivity index (χ2v) is 12.4. The Kier molecular flexibility index (Phi) is 10.4. The Labute approximate surface area is 243 Å². The van der Waals surface area contributed by atoms with E-state index in [1.807, 2.05) is 39.8 Å². The van der Waals surface area contributed by atoms with Crippen molar-refractivity contribution in [2.75, 3.05) is 25.1 Å². The van der Waals surface area contributed by atoms with E-state index in [0.717, 1.165) is 9.87 Å². The van der Waals surface area contributed by atoms with Crippen LogP contribution < -0.4 is 19.1 Å². The van der Waals surface area contributed by atoms with Gasteiger partial charge < -0.3 is 19.7 Å². The van der Waals surface area contributed by atoms with E-state index < -0.39 is 34.1 Å². The van der Waals surface area contributed by atoms with Gasteiger partial charge in [-0.3, -0.25) is 13.9 Å². The number of methoxy groups -OCH3 is 2. The van der Waals surface area contributed by atoms with Gasteiger partial charge in [0.2, 0.25) is 11.8 Å². The molecule has 0 saturated heterocycles. The predicted molar refractivity (Wildman–Crippen MR) is 159 cm³/mol. The lowest BCUT2D eigenvalue weighted by atomic mass is 10.1. The zero-order valence-electron chi connectivity index (χ0n) is 24.5. The molecule has 0 aliphatic carbocycles. The van der Waals surface area contributed by atoms with Crippen molar-refractivity contribution < 1.29 is 27.5 Å². The van der Waals surface area contributed by atoms with Crippen LogP contribution in [0.4, 0.5) is 5.69 Å². The van der Waals surface area contributed by atoms with E-state index in [1.165, 1.54) is 24.1 Å². The van der Waals surface area contributed by atoms with Gasteiger partial charge in [0.25, 0.3) is 10.0 Å². The number of amides is 2. The third-order valence-corrected chi connectivity index (χ3v) is 8.14. The van der Waals surface area contributed by atoms with E-state index in [1.54, 1.807) is 61.7 Å². The van der Waals surface area contributed by atoms with Crippen molar-refractivity contribution in [1.29, 1.82) is 0 Å². The summed E-state index contributed by atoms with van der Waals surface area (Å²) in [5.41, 5.74) is 0.501. The lowest BCUT2D eigenvalue weighted by Crippen LogP contribution is -2.55. The summed E-state index contributed by atoms with van der Waals surface area (Å²) in [6.07, 6.45) is 0.328. The van der Waals surface area contributed by atoms with E-state index in [-0.39, 0.29) is 23.0 Å². The Morgan fingerprint density at radius 2 is 1.51 bits per heavy atom. The molecule has 0 aliphatic rings. The minimum absolute atomic E-state index is 0.0369. The van der Waals surface area contributed by atoms with E-state index in [4.69, 9.17) is 9.47 Å². The molecule has 0 spiro atoms. The number of nitrogens with one attached hydrogen (secondary N) is 1. The van der Waals surface area contributed by atoms with Gasteiger partial charge in [-0.25, -0.2) is 8.42 Å². The van der Waals surface area contributed by atoms with Crippen molar-refractivity contribution in [1.82, 2.24) is 10.2 Å². The summed E-state index contributed by atoms with van der Waals surface area (Å²) in [4.78, 5) is 29.0. The molecule has 0 radical (unpaired) electrons. The fourth-order valence-electron chi connectivity index (χ4n) is 4.31. The number of nitrogens with zero attached hydrogens (tertiary/aromatic N) is 2. The van der Waals surface area contributed by atoms with Crippen LogP contribution in [0.3, 0.4) is 0 Å². The van der Waals surface area contributed by atoms with Crippen LogP contribution >= 0.6 is 0 Å². The van der Waals surface area contributed by atoms with Crippen LogP contribution in [0.15, 0.2) is 83.8 Å². The van der Waals surface area contributed by atoms with Gasteiger partial charge in [-0.2, -0.15) is 0 Å². The van der Waals surface area contributed by atoms with E-state index in [9.17, 15) is 18.0 Å². The molecule has 10 heteroatoms. The first-order chi connectivity index (χ1) is 19.4. The summed E-state index contributed by atoms with van der Waals surface area (Å²) in [6.45, 7) is 6.98. The molecule has 1 N–H and O–H groups in total. The number of carbonyl (C=O) groups is 2. The fourth-order valence-corrected chi connectivity index (χ4v) is 5.74. The average Bonchev–Trinajstić information content (AvgIpc) is 2.95. The Morgan fingerprint density at radius 1 is 0.878 bits per heavy atom. The van der Waals surface area contributed by atoms with Gasteiger partial charge in [-0.05, 0) is 69.2 Å². The van der Waals surface area contributed by atoms with E-state index in [0.29, 0.717) is 17.9 Å². The number of ether oxygens (including phenoxy) is 2. The number of hydrogen-bond donors (Lipinski definition) is 1. The van der Waals surface area contributed by atoms with Crippen molar-refractivity contribution in [2.45, 2.75) is 57.1 Å². The molecule has 2 amide bonds. The topological polar surface area (TPSA) is 105 Å². The van der Waals surface area contributed by atoms with E-state index in [2.05, 4.69) is 5.32 Å². The Morgan fingerprint density at radius 3 is 2.07 bits per heavy atom. The predicted octanol–water partition coefficient (Wildman–Crippen LogP) is 4.62. The molecule has 3 rings (SSSR count). The zero-order chi connectivity index (χ0) is 30.2. The standard InChI is InChI=1S/C31H39N3O6S/c1-7-28(30(36)32-31(2,3)4)33(21-23-16-18-25(39-5)19-17-23)29(35)22-34(24-12-11-13-26(20-24)40-6)41(37,38)27-14-9-8-10-15-27/h8-20,28H,7,21-22H2,1-6H3,(H,32,36)/t28-/m0/s1. The fraction of sp³-hybridized carbons (Fsp3) is 0.355. The molecule has 3 aromatic carbocycles. The van der Waals surface area contributed by atoms with Crippen LogP contribution in [0.25, 0.3) is 0 Å². The molecule has 0 aromatic heterocycles. The second kappa shape index (κ2) is 13.5. The molecule has 3 aromatic rings. The lowest BCUT2D eigenvalue weighted by Gasteiger charge is -2.34. The summed E-state index contributed by atoms with van der Waals surface area (Å²) in [6, 6.07) is 20.8. The van der Waals surface area contributed by atoms with Crippen molar-refractivity contribution in [2.24, 2.45) is 0 Å². The number of anilines is 1. The monoisotopic (exact) mass is 581 g/mol. The van der Waals surface area contributed by atoms with Gasteiger partial charge in [0.15, 0.2) is 0 Å². The molecular weight excluding hydrogens is 542 g/mol. The minimum Gasteiger partial charge on any atom is -0.497 e. The van der Waals surface area contributed by atoms with Crippen LogP contribution in [-0.4, -0.2) is 57.5 Å². The smallest absolute Gasteiger partial charge is 0.264 e. The van der Waals surface area contributed by atoms with Gasteiger partial charge >= 0.3 is 0 Å². The van der Waals surface area contributed by atoms with E-state index >= 15 is 0 Å². The molecular formula is C31H39N3O6S. The number of hydrogen-bond acceptors (Lipinski definition) is 6. The molecule has 0 unspecified atom stereocenters. The SMILES string of the molecule is CC[C@@H](C(=O)NC(C)(C)C)N(Cc1ccc(OC)cc1)C(=O)CN(c1cccc(OC)c1)S(=O)(=O)c1ccccc1. The number of carbonyl (C=O) groups excluding carboxylic acids is 2. The normalized spacial score (nSPS) is 12.2. The molecule has 0 saturated carbocycles. The molecule has 9 nitrogen and oxygen atoms in total. The molecule has 0 bridgehead atoms. The molecule has 220 valence electrons. The molecule has 1 atom stereocenters. The van der Waals surface area contributed by atoms with Crippen LogP contribution in [0.5, 0.6) is 11.5 Å². The zero-order valence-corrected chi connectivity index (χ0v) is 25.3. The highest BCUT2D eigenvalue weighted by Crippen LogP contribution is 2.28. The molecule has 0 fully saturated rings. The summed E-state index contributed by atoms with van der Waals surface area (Å²) in [7, 11) is -1.11. The van der Waals surface area contributed by atoms with Gasteiger partial charge in [0.05, 0.1) is 24.8 Å². The summed E-state index contributed by atoms with van der Waals surface area (Å²) in [5, 5.41) is 2.96. The Bertz CT molecular complexity index is 1420. The first-order valence-corrected chi connectivity index (χ1v) is 14.8. The van der Waals surface area contributed by atoms with Gasteiger partial charge in [0.1, 0.15) is 24.1 Å². The highest BCUT2D eigenvalue weighted by molar-refractivity contribution is 7.92. The third kappa shape index (κ3) is 8.23. The molecule has 0 aliphatic heterocycles. The first-order valence-electron chi connectivity index (χ1n) is 13.4. The Balaban J connectivity index is 2.07. The summed E-state index contributed by atoms with van der Waals surface area (Å²) >= 11 is 0. The largest absolute Gasteiger partial charge is 0.497 e. The maximum absolute atomic E-state index is 14.1. The maximum Gasteiger partial charge on any atom is 0.264 e. The van der Waals surface area contributed by atoms with Gasteiger partial charge in [-0.15, -0.1) is 0 Å². The van der Waals surface area contributed by atoms with Crippen LogP contribution in [0.1, 0.15) is 39.7 Å². The van der Waals surface area contributed by atoms with Crippen molar-refractivity contribution >= 4 is 27.5 Å². The lowest BCUT2D eigenvalue weighted by molar-refractivity contribution is -0.141. The second-order valence-electron chi connectivity index (χ2n) is 10.6. The van der Waals surface area contributed by atoms with Crippen molar-refractivity contribution in [3.05, 3.63) is 84.4 Å². The number of sulfonamides is 1. The molecule has 41 heavy (non-hydrogen) atoms.